The summed E-state index contributed by atoms with van der Waals surface area (Å²) in [6.45, 7) is 9.89. The molecule has 3 nitrogen and oxygen atoms in total. The first-order valence-electron chi connectivity index (χ1n) is 7.26. The van der Waals surface area contributed by atoms with E-state index in [1.807, 2.05) is 0 Å². The molecule has 3 heteroatoms. The highest BCUT2D eigenvalue weighted by Gasteiger charge is 2.18. The Bertz CT molecular complexity index is 177. The third-order valence-electron chi connectivity index (χ3n) is 3.49. The van der Waals surface area contributed by atoms with Crippen molar-refractivity contribution >= 4 is 0 Å². The van der Waals surface area contributed by atoms with Gasteiger partial charge in [0.2, 0.25) is 0 Å². The van der Waals surface area contributed by atoms with Gasteiger partial charge in [0.05, 0.1) is 6.10 Å². The number of nitrogens with zero attached hydrogens (tertiary/aromatic N) is 1. The van der Waals surface area contributed by atoms with Gasteiger partial charge in [0, 0.05) is 19.7 Å². The van der Waals surface area contributed by atoms with E-state index in [4.69, 9.17) is 10.5 Å². The fourth-order valence-corrected chi connectivity index (χ4v) is 2.36. The van der Waals surface area contributed by atoms with E-state index in [1.165, 1.54) is 45.3 Å². The van der Waals surface area contributed by atoms with Gasteiger partial charge in [-0.1, -0.05) is 13.8 Å². The van der Waals surface area contributed by atoms with Crippen LogP contribution in [0.25, 0.3) is 0 Å². The molecule has 0 unspecified atom stereocenters. The van der Waals surface area contributed by atoms with Crippen molar-refractivity contribution in [1.29, 1.82) is 0 Å². The molecule has 0 aromatic carbocycles. The topological polar surface area (TPSA) is 38.5 Å². The molecule has 1 heterocycles. The van der Waals surface area contributed by atoms with Gasteiger partial charge in [0.1, 0.15) is 0 Å². The van der Waals surface area contributed by atoms with Crippen molar-refractivity contribution in [3.8, 4) is 0 Å². The first-order chi connectivity index (χ1) is 8.22. The smallest absolute Gasteiger partial charge is 0.0599 e. The maximum absolute atomic E-state index is 5.81. The highest BCUT2D eigenvalue weighted by Crippen LogP contribution is 2.15. The standard InChI is InChI=1S/C14H30N2O/c1-13(2)5-3-9-16-10-6-14(7-11-16)17-12-4-8-15/h13-14H,3-12,15H2,1-2H3. The van der Waals surface area contributed by atoms with Gasteiger partial charge in [-0.3, -0.25) is 0 Å². The number of piperidine rings is 1. The summed E-state index contributed by atoms with van der Waals surface area (Å²) in [5.74, 6) is 0.840. The van der Waals surface area contributed by atoms with Crippen molar-refractivity contribution in [1.82, 2.24) is 4.90 Å². The Balaban J connectivity index is 2.01. The van der Waals surface area contributed by atoms with Crippen LogP contribution in [0.1, 0.15) is 46.0 Å². The third kappa shape index (κ3) is 7.02. The van der Waals surface area contributed by atoms with E-state index in [2.05, 4.69) is 18.7 Å². The van der Waals surface area contributed by atoms with E-state index in [9.17, 15) is 0 Å². The molecule has 0 aliphatic carbocycles. The van der Waals surface area contributed by atoms with Gasteiger partial charge in [0.25, 0.3) is 0 Å². The zero-order valence-electron chi connectivity index (χ0n) is 11.7. The Hall–Kier alpha value is -0.120. The third-order valence-corrected chi connectivity index (χ3v) is 3.49. The minimum atomic E-state index is 0.489. The highest BCUT2D eigenvalue weighted by molar-refractivity contribution is 4.72. The second-order valence-corrected chi connectivity index (χ2v) is 5.59. The van der Waals surface area contributed by atoms with Crippen LogP contribution in [0.2, 0.25) is 0 Å². The number of likely N-dealkylation sites (tertiary alicyclic amines) is 1. The van der Waals surface area contributed by atoms with Gasteiger partial charge in [-0.05, 0) is 51.1 Å². The largest absolute Gasteiger partial charge is 0.378 e. The van der Waals surface area contributed by atoms with Crippen molar-refractivity contribution in [3.05, 3.63) is 0 Å². The summed E-state index contributed by atoms with van der Waals surface area (Å²) in [6.07, 6.45) is 6.58. The number of hydrogen-bond acceptors (Lipinski definition) is 3. The lowest BCUT2D eigenvalue weighted by Gasteiger charge is -2.32. The van der Waals surface area contributed by atoms with Gasteiger partial charge in [0.15, 0.2) is 0 Å². The molecule has 0 saturated carbocycles. The van der Waals surface area contributed by atoms with Crippen molar-refractivity contribution in [2.24, 2.45) is 11.7 Å². The number of nitrogens with two attached hydrogens (primary N) is 1. The van der Waals surface area contributed by atoms with Crippen LogP contribution in [0.4, 0.5) is 0 Å². The Labute approximate surface area is 107 Å². The minimum absolute atomic E-state index is 0.489. The fraction of sp³-hybridized carbons (Fsp3) is 1.00. The first kappa shape index (κ1) is 14.9. The molecule has 0 amide bonds. The van der Waals surface area contributed by atoms with Gasteiger partial charge >= 0.3 is 0 Å². The van der Waals surface area contributed by atoms with Crippen LogP contribution in [-0.4, -0.2) is 43.8 Å². The lowest BCUT2D eigenvalue weighted by molar-refractivity contribution is 0.00689. The zero-order valence-corrected chi connectivity index (χ0v) is 11.7. The summed E-state index contributed by atoms with van der Waals surface area (Å²) >= 11 is 0. The Morgan fingerprint density at radius 3 is 2.53 bits per heavy atom. The molecule has 0 radical (unpaired) electrons. The molecule has 17 heavy (non-hydrogen) atoms. The van der Waals surface area contributed by atoms with E-state index >= 15 is 0 Å². The van der Waals surface area contributed by atoms with Crippen LogP contribution < -0.4 is 5.73 Å². The van der Waals surface area contributed by atoms with Crippen LogP contribution in [0.3, 0.4) is 0 Å². The van der Waals surface area contributed by atoms with Crippen LogP contribution in [0, 0.1) is 5.92 Å². The Morgan fingerprint density at radius 1 is 1.24 bits per heavy atom. The molecule has 0 atom stereocenters. The van der Waals surface area contributed by atoms with Crippen molar-refractivity contribution in [2.75, 3.05) is 32.8 Å². The van der Waals surface area contributed by atoms with Gasteiger partial charge in [-0.15, -0.1) is 0 Å². The average molecular weight is 242 g/mol. The van der Waals surface area contributed by atoms with E-state index in [0.717, 1.165) is 25.5 Å². The summed E-state index contributed by atoms with van der Waals surface area (Å²) < 4.78 is 5.81. The van der Waals surface area contributed by atoms with Crippen LogP contribution in [-0.2, 0) is 4.74 Å². The zero-order chi connectivity index (χ0) is 12.5. The van der Waals surface area contributed by atoms with E-state index in [0.29, 0.717) is 6.10 Å². The predicted molar refractivity (Wildman–Crippen MR) is 73.2 cm³/mol. The van der Waals surface area contributed by atoms with Gasteiger partial charge in [-0.25, -0.2) is 0 Å². The summed E-state index contributed by atoms with van der Waals surface area (Å²) in [6, 6.07) is 0. The quantitative estimate of drug-likeness (QED) is 0.664. The first-order valence-corrected chi connectivity index (χ1v) is 7.26. The van der Waals surface area contributed by atoms with E-state index < -0.39 is 0 Å². The molecule has 1 fully saturated rings. The fourth-order valence-electron chi connectivity index (χ4n) is 2.36. The monoisotopic (exact) mass is 242 g/mol. The number of rotatable bonds is 8. The summed E-state index contributed by atoms with van der Waals surface area (Å²) in [5, 5.41) is 0. The molecule has 0 aromatic heterocycles. The van der Waals surface area contributed by atoms with Crippen molar-refractivity contribution < 1.29 is 4.74 Å². The van der Waals surface area contributed by atoms with Crippen LogP contribution in [0.15, 0.2) is 0 Å². The normalized spacial score (nSPS) is 19.1. The number of ether oxygens (including phenoxy) is 1. The maximum Gasteiger partial charge on any atom is 0.0599 e. The van der Waals surface area contributed by atoms with Crippen molar-refractivity contribution in [2.45, 2.75) is 52.1 Å². The maximum atomic E-state index is 5.81. The molecule has 1 aliphatic heterocycles. The van der Waals surface area contributed by atoms with Crippen LogP contribution >= 0.6 is 0 Å². The molecule has 0 bridgehead atoms. The average Bonchev–Trinajstić information content (AvgIpc) is 2.31. The van der Waals surface area contributed by atoms with Crippen molar-refractivity contribution in [3.63, 3.8) is 0 Å². The molecule has 1 saturated heterocycles. The highest BCUT2D eigenvalue weighted by atomic mass is 16.5. The summed E-state index contributed by atoms with van der Waals surface area (Å²) in [5.41, 5.74) is 5.46. The summed E-state index contributed by atoms with van der Waals surface area (Å²) in [7, 11) is 0. The molecule has 1 rings (SSSR count). The molecule has 2 N–H and O–H groups in total. The SMILES string of the molecule is CC(C)CCCN1CCC(OCCCN)CC1. The Morgan fingerprint density at radius 2 is 1.94 bits per heavy atom. The minimum Gasteiger partial charge on any atom is -0.378 e. The Kier molecular flexibility index (Phi) is 7.82. The van der Waals surface area contributed by atoms with Crippen LogP contribution in [0.5, 0.6) is 0 Å². The lowest BCUT2D eigenvalue weighted by atomic mass is 10.1. The lowest BCUT2D eigenvalue weighted by Crippen LogP contribution is -2.37. The van der Waals surface area contributed by atoms with E-state index in [1.54, 1.807) is 0 Å². The molecule has 1 aliphatic rings. The molecule has 102 valence electrons. The molecule has 0 aromatic rings. The number of hydrogen-bond donors (Lipinski definition) is 1. The second kappa shape index (κ2) is 8.90. The van der Waals surface area contributed by atoms with E-state index in [-0.39, 0.29) is 0 Å². The molecular weight excluding hydrogens is 212 g/mol. The molecular formula is C14H30N2O. The van der Waals surface area contributed by atoms with Gasteiger partial charge in [-0.2, -0.15) is 0 Å². The van der Waals surface area contributed by atoms with Gasteiger partial charge < -0.3 is 15.4 Å². The predicted octanol–water partition coefficient (Wildman–Crippen LogP) is 2.25. The second-order valence-electron chi connectivity index (χ2n) is 5.59. The molecule has 0 spiro atoms. The summed E-state index contributed by atoms with van der Waals surface area (Å²) in [4.78, 5) is 2.59.